The van der Waals surface area contributed by atoms with Crippen molar-refractivity contribution in [3.8, 4) is 0 Å². The molecule has 1 N–H and O–H groups in total. The molecule has 0 saturated carbocycles. The number of ether oxygens (including phenoxy) is 1. The Labute approximate surface area is 154 Å². The van der Waals surface area contributed by atoms with E-state index >= 15 is 0 Å². The number of likely N-dealkylation sites (N-methyl/N-ethyl adjacent to an activating group) is 1. The highest BCUT2D eigenvalue weighted by Gasteiger charge is 2.21. The lowest BCUT2D eigenvalue weighted by molar-refractivity contribution is -0.159. The number of para-hydroxylation sites is 1. The minimum atomic E-state index is -1.40. The van der Waals surface area contributed by atoms with E-state index in [1.165, 1.54) is 16.2 Å². The van der Waals surface area contributed by atoms with Crippen molar-refractivity contribution >= 4 is 33.4 Å². The molecular weight excluding hydrogens is 352 g/mol. The molecule has 0 fully saturated rings. The van der Waals surface area contributed by atoms with Crippen LogP contribution in [0.15, 0.2) is 54.6 Å². The highest BCUT2D eigenvalue weighted by molar-refractivity contribution is 7.18. The van der Waals surface area contributed by atoms with Gasteiger partial charge in [0.1, 0.15) is 5.01 Å². The number of aliphatic hydroxyl groups excluding tert-OH is 1. The Morgan fingerprint density at radius 2 is 1.85 bits per heavy atom. The van der Waals surface area contributed by atoms with E-state index in [1.54, 1.807) is 37.4 Å². The Kier molecular flexibility index (Phi) is 5.60. The summed E-state index contributed by atoms with van der Waals surface area (Å²) in [6, 6.07) is 16.2. The summed E-state index contributed by atoms with van der Waals surface area (Å²) in [5.74, 6) is -1.21. The molecule has 3 rings (SSSR count). The predicted octanol–water partition coefficient (Wildman–Crippen LogP) is 2.53. The summed E-state index contributed by atoms with van der Waals surface area (Å²) in [6.45, 7) is -0.0961. The number of esters is 1. The lowest BCUT2D eigenvalue weighted by Crippen LogP contribution is -2.31. The molecule has 1 atom stereocenters. The number of hydrogen-bond acceptors (Lipinski definition) is 6. The predicted molar refractivity (Wildman–Crippen MR) is 98.5 cm³/mol. The van der Waals surface area contributed by atoms with Crippen LogP contribution in [0.4, 0.5) is 0 Å². The van der Waals surface area contributed by atoms with Gasteiger partial charge in [0.15, 0.2) is 12.7 Å². The Morgan fingerprint density at radius 1 is 1.15 bits per heavy atom. The van der Waals surface area contributed by atoms with Gasteiger partial charge in [0, 0.05) is 7.05 Å². The van der Waals surface area contributed by atoms with Crippen molar-refractivity contribution < 1.29 is 19.4 Å². The average molecular weight is 370 g/mol. The van der Waals surface area contributed by atoms with Gasteiger partial charge in [-0.05, 0) is 17.7 Å². The summed E-state index contributed by atoms with van der Waals surface area (Å²) in [5.41, 5.74) is 1.32. The van der Waals surface area contributed by atoms with Crippen molar-refractivity contribution in [1.29, 1.82) is 0 Å². The van der Waals surface area contributed by atoms with Gasteiger partial charge in [-0.3, -0.25) is 4.79 Å². The third-order valence-electron chi connectivity index (χ3n) is 3.81. The van der Waals surface area contributed by atoms with E-state index in [4.69, 9.17) is 4.74 Å². The fourth-order valence-corrected chi connectivity index (χ4v) is 3.39. The zero-order valence-electron chi connectivity index (χ0n) is 14.2. The van der Waals surface area contributed by atoms with Crippen LogP contribution in [-0.4, -0.2) is 40.5 Å². The van der Waals surface area contributed by atoms with E-state index in [0.29, 0.717) is 12.1 Å². The van der Waals surface area contributed by atoms with Gasteiger partial charge in [-0.1, -0.05) is 42.5 Å². The molecular formula is C19H18N2O4S. The van der Waals surface area contributed by atoms with Crippen LogP contribution in [0.5, 0.6) is 0 Å². The molecule has 6 nitrogen and oxygen atoms in total. The van der Waals surface area contributed by atoms with Gasteiger partial charge >= 0.3 is 5.97 Å². The van der Waals surface area contributed by atoms with Crippen molar-refractivity contribution in [3.63, 3.8) is 0 Å². The maximum Gasteiger partial charge on any atom is 0.340 e. The van der Waals surface area contributed by atoms with Crippen molar-refractivity contribution in [2.45, 2.75) is 12.6 Å². The number of aromatic nitrogens is 1. The highest BCUT2D eigenvalue weighted by Crippen LogP contribution is 2.22. The van der Waals surface area contributed by atoms with Crippen LogP contribution in [0.3, 0.4) is 0 Å². The van der Waals surface area contributed by atoms with Gasteiger partial charge < -0.3 is 14.7 Å². The maximum atomic E-state index is 12.2. The number of carbonyl (C=O) groups is 2. The average Bonchev–Trinajstić information content (AvgIpc) is 3.08. The number of hydrogen-bond donors (Lipinski definition) is 1. The summed E-state index contributed by atoms with van der Waals surface area (Å²) >= 11 is 1.52. The fourth-order valence-electron chi connectivity index (χ4n) is 2.37. The van der Waals surface area contributed by atoms with Gasteiger partial charge in [0.25, 0.3) is 5.91 Å². The first-order valence-corrected chi connectivity index (χ1v) is 8.84. The summed E-state index contributed by atoms with van der Waals surface area (Å²) in [6.07, 6.45) is -1.40. The van der Waals surface area contributed by atoms with E-state index in [1.807, 2.05) is 24.3 Å². The Bertz CT molecular complexity index is 877. The zero-order chi connectivity index (χ0) is 18.5. The second-order valence-electron chi connectivity index (χ2n) is 5.75. The number of amides is 1. The molecule has 0 unspecified atom stereocenters. The van der Waals surface area contributed by atoms with Gasteiger partial charge in [-0.15, -0.1) is 11.3 Å². The van der Waals surface area contributed by atoms with Crippen LogP contribution in [0.25, 0.3) is 10.2 Å². The number of rotatable bonds is 6. The first-order chi connectivity index (χ1) is 12.5. The molecule has 0 aliphatic carbocycles. The SMILES string of the molecule is CN(Cc1nc2ccccc2s1)C(=O)COC(=O)[C@@H](O)c1ccccc1. The van der Waals surface area contributed by atoms with Crippen LogP contribution in [0.1, 0.15) is 16.7 Å². The molecule has 7 heteroatoms. The van der Waals surface area contributed by atoms with Crippen LogP contribution in [-0.2, 0) is 20.9 Å². The summed E-state index contributed by atoms with van der Waals surface area (Å²) in [7, 11) is 1.62. The topological polar surface area (TPSA) is 79.7 Å². The van der Waals surface area contributed by atoms with Gasteiger partial charge in [-0.2, -0.15) is 0 Å². The molecule has 26 heavy (non-hydrogen) atoms. The molecule has 0 bridgehead atoms. The van der Waals surface area contributed by atoms with E-state index in [0.717, 1.165) is 15.2 Å². The van der Waals surface area contributed by atoms with E-state index in [2.05, 4.69) is 4.98 Å². The molecule has 0 radical (unpaired) electrons. The minimum absolute atomic E-state index is 0.330. The normalized spacial score (nSPS) is 11.9. The molecule has 3 aromatic rings. The monoisotopic (exact) mass is 370 g/mol. The highest BCUT2D eigenvalue weighted by atomic mass is 32.1. The van der Waals surface area contributed by atoms with E-state index < -0.39 is 18.7 Å². The van der Waals surface area contributed by atoms with Crippen molar-refractivity contribution in [1.82, 2.24) is 9.88 Å². The van der Waals surface area contributed by atoms with Crippen molar-refractivity contribution in [2.24, 2.45) is 0 Å². The largest absolute Gasteiger partial charge is 0.453 e. The number of aliphatic hydroxyl groups is 1. The Hall–Kier alpha value is -2.77. The number of nitrogens with zero attached hydrogens (tertiary/aromatic N) is 2. The first-order valence-electron chi connectivity index (χ1n) is 8.02. The minimum Gasteiger partial charge on any atom is -0.453 e. The summed E-state index contributed by atoms with van der Waals surface area (Å²) < 4.78 is 6.00. The van der Waals surface area contributed by atoms with E-state index in [-0.39, 0.29) is 5.91 Å². The Balaban J connectivity index is 1.53. The fraction of sp³-hybridized carbons (Fsp3) is 0.211. The number of benzene rings is 2. The van der Waals surface area contributed by atoms with E-state index in [9.17, 15) is 14.7 Å². The quantitative estimate of drug-likeness (QED) is 0.675. The molecule has 1 heterocycles. The smallest absolute Gasteiger partial charge is 0.340 e. The number of thiazole rings is 1. The first kappa shape index (κ1) is 18.0. The summed E-state index contributed by atoms with van der Waals surface area (Å²) in [5, 5.41) is 10.8. The zero-order valence-corrected chi connectivity index (χ0v) is 15.0. The molecule has 0 aliphatic heterocycles. The molecule has 0 spiro atoms. The molecule has 2 aromatic carbocycles. The maximum absolute atomic E-state index is 12.2. The molecule has 134 valence electrons. The van der Waals surface area contributed by atoms with Gasteiger partial charge in [-0.25, -0.2) is 9.78 Å². The third kappa shape index (κ3) is 4.25. The molecule has 1 aromatic heterocycles. The number of carbonyl (C=O) groups excluding carboxylic acids is 2. The summed E-state index contributed by atoms with van der Waals surface area (Å²) in [4.78, 5) is 30.0. The molecule has 1 amide bonds. The second kappa shape index (κ2) is 8.07. The van der Waals surface area contributed by atoms with Crippen LogP contribution in [0.2, 0.25) is 0 Å². The standard InChI is InChI=1S/C19H18N2O4S/c1-21(11-16-20-14-9-5-6-10-15(14)26-16)17(22)12-25-19(24)18(23)13-7-3-2-4-8-13/h2-10,18,23H,11-12H2,1H3/t18-/m0/s1. The third-order valence-corrected chi connectivity index (χ3v) is 4.83. The second-order valence-corrected chi connectivity index (χ2v) is 6.86. The number of fused-ring (bicyclic) bond motifs is 1. The van der Waals surface area contributed by atoms with Gasteiger partial charge in [0.2, 0.25) is 0 Å². The Morgan fingerprint density at radius 3 is 2.58 bits per heavy atom. The lowest BCUT2D eigenvalue weighted by atomic mass is 10.1. The van der Waals surface area contributed by atoms with Crippen LogP contribution < -0.4 is 0 Å². The van der Waals surface area contributed by atoms with Crippen molar-refractivity contribution in [3.05, 3.63) is 65.2 Å². The lowest BCUT2D eigenvalue weighted by Gasteiger charge is -2.16. The van der Waals surface area contributed by atoms with Gasteiger partial charge in [0.05, 0.1) is 16.8 Å². The molecule has 0 saturated heterocycles. The van der Waals surface area contributed by atoms with Crippen molar-refractivity contribution in [2.75, 3.05) is 13.7 Å². The van der Waals surface area contributed by atoms with Crippen LogP contribution >= 0.6 is 11.3 Å². The molecule has 0 aliphatic rings. The van der Waals surface area contributed by atoms with Crippen LogP contribution in [0, 0.1) is 0 Å².